The maximum absolute atomic E-state index is 13.0. The molecule has 12 nitrogen and oxygen atoms in total. The van der Waals surface area contributed by atoms with Crippen LogP contribution in [0.3, 0.4) is 0 Å². The fraction of sp³-hybridized carbons (Fsp3) is 0.462. The highest BCUT2D eigenvalue weighted by atomic mass is 16.7. The van der Waals surface area contributed by atoms with Gasteiger partial charge in [-0.15, -0.1) is 0 Å². The molecule has 1 aliphatic heterocycles. The van der Waals surface area contributed by atoms with Crippen LogP contribution in [0.25, 0.3) is 0 Å². The summed E-state index contributed by atoms with van der Waals surface area (Å²) >= 11 is 0. The molecule has 0 amide bonds. The van der Waals surface area contributed by atoms with Crippen molar-refractivity contribution in [1.82, 2.24) is 0 Å². The van der Waals surface area contributed by atoms with Crippen molar-refractivity contribution in [3.05, 3.63) is 59.7 Å². The molecule has 7 atom stereocenters. The Morgan fingerprint density at radius 3 is 2.16 bits per heavy atom. The molecule has 1 heterocycles. The zero-order chi connectivity index (χ0) is 28.0. The van der Waals surface area contributed by atoms with Crippen molar-refractivity contribution < 1.29 is 59.2 Å². The van der Waals surface area contributed by atoms with Gasteiger partial charge < -0.3 is 49.6 Å². The summed E-state index contributed by atoms with van der Waals surface area (Å²) in [5, 5.41) is 59.9. The van der Waals surface area contributed by atoms with E-state index in [1.165, 1.54) is 43.3 Å². The van der Waals surface area contributed by atoms with Crippen LogP contribution >= 0.6 is 0 Å². The van der Waals surface area contributed by atoms with Gasteiger partial charge in [-0.3, -0.25) is 4.79 Å². The number of rotatable bonds is 10. The molecule has 0 saturated carbocycles. The van der Waals surface area contributed by atoms with E-state index in [9.17, 15) is 40.2 Å². The van der Waals surface area contributed by atoms with E-state index < -0.39 is 61.0 Å². The van der Waals surface area contributed by atoms with Gasteiger partial charge >= 0.3 is 11.9 Å². The maximum Gasteiger partial charge on any atom is 0.342 e. The third-order valence-electron chi connectivity index (χ3n) is 6.17. The number of aliphatic hydroxyl groups excluding tert-OH is 4. The van der Waals surface area contributed by atoms with Gasteiger partial charge in [0.15, 0.2) is 0 Å². The molecule has 2 aromatic carbocycles. The van der Waals surface area contributed by atoms with Crippen LogP contribution in [-0.2, 0) is 36.8 Å². The molecule has 0 aliphatic carbocycles. The Balaban J connectivity index is 1.65. The minimum atomic E-state index is -2.21. The zero-order valence-electron chi connectivity index (χ0n) is 20.8. The van der Waals surface area contributed by atoms with Crippen LogP contribution in [0.1, 0.15) is 25.0 Å². The van der Waals surface area contributed by atoms with Gasteiger partial charge in [-0.1, -0.05) is 24.3 Å². The second-order valence-corrected chi connectivity index (χ2v) is 9.05. The lowest BCUT2D eigenvalue weighted by atomic mass is 9.89. The van der Waals surface area contributed by atoms with E-state index >= 15 is 0 Å². The summed E-state index contributed by atoms with van der Waals surface area (Å²) in [7, 11) is 0. The molecule has 0 aromatic heterocycles. The Morgan fingerprint density at radius 1 is 0.974 bits per heavy atom. The largest absolute Gasteiger partial charge is 0.508 e. The molecule has 2 aromatic rings. The molecule has 0 bridgehead atoms. The second kappa shape index (κ2) is 12.5. The number of carbonyl (C=O) groups is 2. The highest BCUT2D eigenvalue weighted by Crippen LogP contribution is 2.26. The first-order chi connectivity index (χ1) is 17.9. The van der Waals surface area contributed by atoms with Gasteiger partial charge in [-0.05, 0) is 42.3 Å². The SMILES string of the molecule is CC(=O)O[C@H](C)[C@](O)(Cc1ccc(O)cc1)C(=O)OCc1ccc(O[C@@H]2O[C@@H](CO)[C@@H](O)[C@@H](O)[C@H]2O)cc1. The predicted molar refractivity (Wildman–Crippen MR) is 129 cm³/mol. The smallest absolute Gasteiger partial charge is 0.342 e. The van der Waals surface area contributed by atoms with Gasteiger partial charge in [0.2, 0.25) is 11.9 Å². The lowest BCUT2D eigenvalue weighted by molar-refractivity contribution is -0.277. The van der Waals surface area contributed by atoms with Crippen molar-refractivity contribution in [3.63, 3.8) is 0 Å². The van der Waals surface area contributed by atoms with Crippen LogP contribution < -0.4 is 4.74 Å². The van der Waals surface area contributed by atoms with E-state index in [2.05, 4.69) is 0 Å². The van der Waals surface area contributed by atoms with Crippen molar-refractivity contribution in [2.75, 3.05) is 6.61 Å². The molecule has 0 unspecified atom stereocenters. The summed E-state index contributed by atoms with van der Waals surface area (Å²) < 4.78 is 21.2. The van der Waals surface area contributed by atoms with Crippen LogP contribution in [0, 0.1) is 0 Å². The topological polar surface area (TPSA) is 192 Å². The summed E-state index contributed by atoms with van der Waals surface area (Å²) in [5.74, 6) is -1.49. The summed E-state index contributed by atoms with van der Waals surface area (Å²) in [6, 6.07) is 11.9. The lowest BCUT2D eigenvalue weighted by Crippen LogP contribution is -2.60. The number of benzene rings is 2. The van der Waals surface area contributed by atoms with Crippen LogP contribution in [0.15, 0.2) is 48.5 Å². The third kappa shape index (κ3) is 6.98. The number of carbonyl (C=O) groups excluding carboxylic acids is 2. The number of esters is 2. The van der Waals surface area contributed by atoms with E-state index in [0.717, 1.165) is 6.92 Å². The minimum Gasteiger partial charge on any atom is -0.508 e. The molecule has 1 fully saturated rings. The van der Waals surface area contributed by atoms with E-state index in [4.69, 9.17) is 18.9 Å². The predicted octanol–water partition coefficient (Wildman–Crippen LogP) is -0.460. The molecular formula is C26H32O12. The molecule has 0 radical (unpaired) electrons. The summed E-state index contributed by atoms with van der Waals surface area (Å²) in [5.41, 5.74) is -1.21. The average Bonchev–Trinajstić information content (AvgIpc) is 2.89. The van der Waals surface area contributed by atoms with Gasteiger partial charge in [0.25, 0.3) is 0 Å². The van der Waals surface area contributed by atoms with E-state index in [0.29, 0.717) is 11.1 Å². The highest BCUT2D eigenvalue weighted by molar-refractivity contribution is 5.81. The summed E-state index contributed by atoms with van der Waals surface area (Å²) in [6.07, 6.45) is -8.62. The second-order valence-electron chi connectivity index (χ2n) is 9.05. The molecule has 6 N–H and O–H groups in total. The zero-order valence-corrected chi connectivity index (χ0v) is 20.8. The number of hydrogen-bond acceptors (Lipinski definition) is 12. The van der Waals surface area contributed by atoms with Crippen LogP contribution in [-0.4, -0.2) is 91.6 Å². The number of aliphatic hydroxyl groups is 5. The van der Waals surface area contributed by atoms with Crippen LogP contribution in [0.4, 0.5) is 0 Å². The van der Waals surface area contributed by atoms with Gasteiger partial charge in [0.05, 0.1) is 6.61 Å². The molecular weight excluding hydrogens is 504 g/mol. The van der Waals surface area contributed by atoms with E-state index in [1.54, 1.807) is 12.1 Å². The minimum absolute atomic E-state index is 0.00636. The van der Waals surface area contributed by atoms with E-state index in [1.807, 2.05) is 0 Å². The maximum atomic E-state index is 13.0. The van der Waals surface area contributed by atoms with Crippen molar-refractivity contribution in [2.24, 2.45) is 0 Å². The molecule has 12 heteroatoms. The first kappa shape index (κ1) is 29.3. The Morgan fingerprint density at radius 2 is 1.58 bits per heavy atom. The number of hydrogen-bond donors (Lipinski definition) is 6. The summed E-state index contributed by atoms with van der Waals surface area (Å²) in [4.78, 5) is 24.4. The highest BCUT2D eigenvalue weighted by Gasteiger charge is 2.46. The Bertz CT molecular complexity index is 1070. The molecule has 1 aliphatic rings. The number of aromatic hydroxyl groups is 1. The van der Waals surface area contributed by atoms with Crippen molar-refractivity contribution >= 4 is 11.9 Å². The number of ether oxygens (including phenoxy) is 4. The fourth-order valence-corrected chi connectivity index (χ4v) is 3.89. The quantitative estimate of drug-likeness (QED) is 0.214. The average molecular weight is 537 g/mol. The van der Waals surface area contributed by atoms with Crippen molar-refractivity contribution in [2.45, 2.75) is 69.3 Å². The number of phenols is 1. The Labute approximate surface area is 218 Å². The van der Waals surface area contributed by atoms with Gasteiger partial charge in [0, 0.05) is 13.3 Å². The first-order valence-electron chi connectivity index (χ1n) is 11.9. The van der Waals surface area contributed by atoms with Crippen molar-refractivity contribution in [3.8, 4) is 11.5 Å². The first-order valence-corrected chi connectivity index (χ1v) is 11.9. The summed E-state index contributed by atoms with van der Waals surface area (Å²) in [6.45, 7) is 1.68. The third-order valence-corrected chi connectivity index (χ3v) is 6.17. The molecule has 208 valence electrons. The normalized spacial score (nSPS) is 25.6. The molecule has 0 spiro atoms. The fourth-order valence-electron chi connectivity index (χ4n) is 3.89. The van der Waals surface area contributed by atoms with E-state index in [-0.39, 0.29) is 24.5 Å². The van der Waals surface area contributed by atoms with Crippen molar-refractivity contribution in [1.29, 1.82) is 0 Å². The van der Waals surface area contributed by atoms with Gasteiger partial charge in [-0.25, -0.2) is 4.79 Å². The Kier molecular flexibility index (Phi) is 9.66. The van der Waals surface area contributed by atoms with Crippen LogP contribution in [0.2, 0.25) is 0 Å². The van der Waals surface area contributed by atoms with Gasteiger partial charge in [0.1, 0.15) is 48.6 Å². The number of phenolic OH excluding ortho intramolecular Hbond substituents is 1. The Hall–Kier alpha value is -3.26. The standard InChI is InChI=1S/C26H32O12/c1-14(36-15(2)28)26(34,11-16-3-7-18(29)8-4-16)25(33)35-13-17-5-9-19(10-6-17)37-24-23(32)22(31)21(30)20(12-27)38-24/h3-10,14,20-24,27,29-32,34H,11-13H2,1-2H3/t14-,20+,21-,22-,23-,24-,26-/m1/s1. The van der Waals surface area contributed by atoms with Gasteiger partial charge in [-0.2, -0.15) is 0 Å². The molecule has 3 rings (SSSR count). The van der Waals surface area contributed by atoms with Crippen LogP contribution in [0.5, 0.6) is 11.5 Å². The lowest BCUT2D eigenvalue weighted by Gasteiger charge is -2.39. The monoisotopic (exact) mass is 536 g/mol. The molecule has 38 heavy (non-hydrogen) atoms. The molecule has 1 saturated heterocycles.